The van der Waals surface area contributed by atoms with E-state index < -0.39 is 6.09 Å². The van der Waals surface area contributed by atoms with Gasteiger partial charge >= 0.3 is 6.09 Å². The minimum atomic E-state index is -0.736. The summed E-state index contributed by atoms with van der Waals surface area (Å²) in [6, 6.07) is 0. The van der Waals surface area contributed by atoms with E-state index in [2.05, 4.69) is 4.74 Å². The van der Waals surface area contributed by atoms with Crippen molar-refractivity contribution in [3.05, 3.63) is 0 Å². The molecule has 4 N–H and O–H groups in total. The molecule has 0 aromatic heterocycles. The number of rotatable bonds is 12. The van der Waals surface area contributed by atoms with Gasteiger partial charge in [-0.2, -0.15) is 0 Å². The van der Waals surface area contributed by atoms with Gasteiger partial charge in [0.15, 0.2) is 0 Å². The third-order valence-corrected chi connectivity index (χ3v) is 2.00. The number of carbonyl (C=O) groups is 1. The van der Waals surface area contributed by atoms with Gasteiger partial charge in [-0.3, -0.25) is 0 Å². The Bertz CT molecular complexity index is 179. The summed E-state index contributed by atoms with van der Waals surface area (Å²) < 4.78 is 15.2. The number of primary amides is 1. The Kier molecular flexibility index (Phi) is 12.6. The summed E-state index contributed by atoms with van der Waals surface area (Å²) in [6.07, 6.45) is 2.81. The fourth-order valence-electron chi connectivity index (χ4n) is 1.13. The van der Waals surface area contributed by atoms with Crippen LogP contribution in [0.2, 0.25) is 0 Å². The Morgan fingerprint density at radius 2 is 1.35 bits per heavy atom. The minimum absolute atomic E-state index is 0.317. The van der Waals surface area contributed by atoms with E-state index in [1.54, 1.807) is 0 Å². The molecule has 0 radical (unpaired) electrons. The van der Waals surface area contributed by atoms with Crippen molar-refractivity contribution in [3.8, 4) is 0 Å². The highest BCUT2D eigenvalue weighted by Crippen LogP contribution is 1.93. The van der Waals surface area contributed by atoms with Gasteiger partial charge in [0.2, 0.25) is 0 Å². The maximum atomic E-state index is 10.2. The lowest BCUT2D eigenvalue weighted by molar-refractivity contribution is 0.0893. The van der Waals surface area contributed by atoms with Gasteiger partial charge in [-0.25, -0.2) is 4.79 Å². The zero-order valence-corrected chi connectivity index (χ0v) is 10.4. The number of carbonyl (C=O) groups excluding carboxylic acids is 1. The first-order valence-corrected chi connectivity index (χ1v) is 6.05. The van der Waals surface area contributed by atoms with Crippen LogP contribution < -0.4 is 11.5 Å². The third kappa shape index (κ3) is 15.1. The summed E-state index contributed by atoms with van der Waals surface area (Å²) in [6.45, 7) is 3.78. The molecule has 0 saturated heterocycles. The predicted octanol–water partition coefficient (Wildman–Crippen LogP) is 0.634. The third-order valence-electron chi connectivity index (χ3n) is 2.00. The first kappa shape index (κ1) is 16.1. The molecular formula is C11H24N2O4. The zero-order chi connectivity index (χ0) is 12.8. The molecule has 0 aliphatic carbocycles. The molecule has 0 saturated carbocycles. The molecule has 0 spiro atoms. The molecule has 0 aromatic rings. The fourth-order valence-corrected chi connectivity index (χ4v) is 1.13. The van der Waals surface area contributed by atoms with E-state index in [0.717, 1.165) is 32.5 Å². The van der Waals surface area contributed by atoms with Crippen molar-refractivity contribution >= 4 is 6.09 Å². The van der Waals surface area contributed by atoms with Crippen LogP contribution in [0.5, 0.6) is 0 Å². The van der Waals surface area contributed by atoms with Crippen LogP contribution in [0.25, 0.3) is 0 Å². The molecular weight excluding hydrogens is 224 g/mol. The van der Waals surface area contributed by atoms with Crippen LogP contribution in [-0.2, 0) is 14.2 Å². The lowest BCUT2D eigenvalue weighted by Gasteiger charge is -2.05. The maximum Gasteiger partial charge on any atom is 0.404 e. The molecule has 0 fully saturated rings. The molecule has 0 aliphatic rings. The highest BCUT2D eigenvalue weighted by molar-refractivity contribution is 5.64. The average molecular weight is 248 g/mol. The predicted molar refractivity (Wildman–Crippen MR) is 64.7 cm³/mol. The standard InChI is InChI=1S/C11H24N2O4/c12-5-3-8-15-6-1-2-7-16-9-4-10-17-11(13)14/h1-10,12H2,(H2,13,14). The minimum Gasteiger partial charge on any atom is -0.450 e. The van der Waals surface area contributed by atoms with E-state index in [-0.39, 0.29) is 0 Å². The van der Waals surface area contributed by atoms with Crippen molar-refractivity contribution in [2.45, 2.75) is 25.7 Å². The van der Waals surface area contributed by atoms with Gasteiger partial charge in [-0.15, -0.1) is 0 Å². The molecule has 102 valence electrons. The Labute approximate surface area is 103 Å². The van der Waals surface area contributed by atoms with Gasteiger partial charge in [0.05, 0.1) is 6.61 Å². The number of hydrogen-bond donors (Lipinski definition) is 2. The molecule has 0 heterocycles. The Hall–Kier alpha value is -0.850. The lowest BCUT2D eigenvalue weighted by Crippen LogP contribution is -2.14. The van der Waals surface area contributed by atoms with Gasteiger partial charge in [-0.05, 0) is 25.8 Å². The summed E-state index contributed by atoms with van der Waals surface area (Å²) in [5, 5.41) is 0. The second kappa shape index (κ2) is 13.2. The van der Waals surface area contributed by atoms with Crippen molar-refractivity contribution in [2.75, 3.05) is 39.6 Å². The van der Waals surface area contributed by atoms with E-state index in [9.17, 15) is 4.79 Å². The van der Waals surface area contributed by atoms with Crippen LogP contribution in [0.15, 0.2) is 0 Å². The number of hydrogen-bond acceptors (Lipinski definition) is 5. The van der Waals surface area contributed by atoms with Crippen molar-refractivity contribution in [3.63, 3.8) is 0 Å². The molecule has 1 amide bonds. The second-order valence-corrected chi connectivity index (χ2v) is 3.60. The van der Waals surface area contributed by atoms with Crippen molar-refractivity contribution in [1.29, 1.82) is 0 Å². The van der Waals surface area contributed by atoms with Crippen LogP contribution in [0.3, 0.4) is 0 Å². The first-order chi connectivity index (χ1) is 8.27. The molecule has 17 heavy (non-hydrogen) atoms. The molecule has 0 rings (SSSR count). The maximum absolute atomic E-state index is 10.2. The number of nitrogens with two attached hydrogens (primary N) is 2. The number of ether oxygens (including phenoxy) is 3. The quantitative estimate of drug-likeness (QED) is 0.494. The van der Waals surface area contributed by atoms with Gasteiger partial charge in [-0.1, -0.05) is 0 Å². The van der Waals surface area contributed by atoms with E-state index in [1.165, 1.54) is 0 Å². The molecule has 6 nitrogen and oxygen atoms in total. The van der Waals surface area contributed by atoms with Crippen LogP contribution in [0, 0.1) is 0 Å². The topological polar surface area (TPSA) is 96.8 Å². The largest absolute Gasteiger partial charge is 0.450 e. The summed E-state index contributed by atoms with van der Waals surface area (Å²) >= 11 is 0. The summed E-state index contributed by atoms with van der Waals surface area (Å²) in [4.78, 5) is 10.2. The van der Waals surface area contributed by atoms with Gasteiger partial charge in [0, 0.05) is 32.8 Å². The molecule has 0 atom stereocenters. The SMILES string of the molecule is NCCCOCCCCOCCCOC(N)=O. The molecule has 6 heteroatoms. The zero-order valence-electron chi connectivity index (χ0n) is 10.4. The monoisotopic (exact) mass is 248 g/mol. The van der Waals surface area contributed by atoms with Crippen LogP contribution in [-0.4, -0.2) is 45.7 Å². The van der Waals surface area contributed by atoms with Crippen molar-refractivity contribution in [1.82, 2.24) is 0 Å². The first-order valence-electron chi connectivity index (χ1n) is 6.05. The molecule has 0 bridgehead atoms. The van der Waals surface area contributed by atoms with Crippen LogP contribution >= 0.6 is 0 Å². The number of unbranched alkanes of at least 4 members (excludes halogenated alkanes) is 1. The Balaban J connectivity index is 2.91. The summed E-state index contributed by atoms with van der Waals surface area (Å²) in [5.41, 5.74) is 10.1. The highest BCUT2D eigenvalue weighted by atomic mass is 16.5. The van der Waals surface area contributed by atoms with Crippen LogP contribution in [0.4, 0.5) is 4.79 Å². The summed E-state index contributed by atoms with van der Waals surface area (Å²) in [7, 11) is 0. The normalized spacial score (nSPS) is 10.4. The summed E-state index contributed by atoms with van der Waals surface area (Å²) in [5.74, 6) is 0. The van der Waals surface area contributed by atoms with Crippen LogP contribution in [0.1, 0.15) is 25.7 Å². The van der Waals surface area contributed by atoms with E-state index in [1.807, 2.05) is 0 Å². The average Bonchev–Trinajstić information content (AvgIpc) is 2.30. The van der Waals surface area contributed by atoms with Gasteiger partial charge in [0.1, 0.15) is 0 Å². The molecule has 0 aromatic carbocycles. The van der Waals surface area contributed by atoms with Crippen molar-refractivity contribution in [2.24, 2.45) is 11.5 Å². The van der Waals surface area contributed by atoms with Gasteiger partial charge in [0.25, 0.3) is 0 Å². The molecule has 0 aliphatic heterocycles. The number of amides is 1. The Morgan fingerprint density at radius 3 is 1.88 bits per heavy atom. The van der Waals surface area contributed by atoms with Crippen molar-refractivity contribution < 1.29 is 19.0 Å². The second-order valence-electron chi connectivity index (χ2n) is 3.60. The molecule has 0 unspecified atom stereocenters. The fraction of sp³-hybridized carbons (Fsp3) is 0.909. The highest BCUT2D eigenvalue weighted by Gasteiger charge is 1.94. The smallest absolute Gasteiger partial charge is 0.404 e. The van der Waals surface area contributed by atoms with E-state index >= 15 is 0 Å². The lowest BCUT2D eigenvalue weighted by atomic mass is 10.3. The van der Waals surface area contributed by atoms with E-state index in [0.29, 0.717) is 32.8 Å². The van der Waals surface area contributed by atoms with E-state index in [4.69, 9.17) is 20.9 Å². The van der Waals surface area contributed by atoms with Gasteiger partial charge < -0.3 is 25.7 Å². The Morgan fingerprint density at radius 1 is 0.824 bits per heavy atom.